The van der Waals surface area contributed by atoms with Crippen molar-refractivity contribution in [2.24, 2.45) is 5.73 Å². The lowest BCUT2D eigenvalue weighted by Gasteiger charge is -2.30. The first-order valence-corrected chi connectivity index (χ1v) is 13.6. The molecular formula is C29H29F6N5O5. The van der Waals surface area contributed by atoms with E-state index in [0.29, 0.717) is 11.1 Å². The van der Waals surface area contributed by atoms with E-state index in [4.69, 9.17) is 15.2 Å². The second kappa shape index (κ2) is 15.0. The predicted molar refractivity (Wildman–Crippen MR) is 148 cm³/mol. The van der Waals surface area contributed by atoms with Crippen LogP contribution in [0.25, 0.3) is 0 Å². The van der Waals surface area contributed by atoms with Crippen molar-refractivity contribution in [2.75, 3.05) is 38.2 Å². The van der Waals surface area contributed by atoms with Crippen molar-refractivity contribution in [2.45, 2.75) is 30.3 Å². The van der Waals surface area contributed by atoms with Crippen LogP contribution in [0, 0.1) is 17.5 Å². The second-order valence-electron chi connectivity index (χ2n) is 10.0. The van der Waals surface area contributed by atoms with E-state index in [2.05, 4.69) is 25.7 Å². The quantitative estimate of drug-likeness (QED) is 0.233. The van der Waals surface area contributed by atoms with Crippen molar-refractivity contribution < 1.29 is 50.1 Å². The van der Waals surface area contributed by atoms with Crippen molar-refractivity contribution in [1.29, 1.82) is 0 Å². The Kier molecular flexibility index (Phi) is 11.2. The number of alkyl halides is 3. The number of amides is 2. The third kappa shape index (κ3) is 9.79. The van der Waals surface area contributed by atoms with Crippen LogP contribution in [0.2, 0.25) is 0 Å². The first-order valence-electron chi connectivity index (χ1n) is 13.6. The van der Waals surface area contributed by atoms with E-state index in [1.807, 2.05) is 0 Å². The summed E-state index contributed by atoms with van der Waals surface area (Å²) < 4.78 is 93.8. The van der Waals surface area contributed by atoms with Gasteiger partial charge in [-0.1, -0.05) is 24.3 Å². The molecule has 0 saturated carbocycles. The topological polar surface area (TPSA) is 137 Å². The van der Waals surface area contributed by atoms with E-state index in [-0.39, 0.29) is 37.7 Å². The Morgan fingerprint density at radius 2 is 1.64 bits per heavy atom. The van der Waals surface area contributed by atoms with Crippen LogP contribution in [0.5, 0.6) is 5.75 Å². The van der Waals surface area contributed by atoms with Crippen LogP contribution in [-0.2, 0) is 14.3 Å². The summed E-state index contributed by atoms with van der Waals surface area (Å²) in [6.07, 6.45) is -4.43. The van der Waals surface area contributed by atoms with E-state index < -0.39 is 66.3 Å². The molecule has 0 unspecified atom stereocenters. The molecule has 2 amide bonds. The first-order chi connectivity index (χ1) is 21.4. The number of rotatable bonds is 11. The minimum atomic E-state index is -4.64. The minimum Gasteiger partial charge on any atom is -0.485 e. The molecule has 0 aliphatic carbocycles. The number of hydrogen-bond acceptors (Lipinski definition) is 8. The third-order valence-corrected chi connectivity index (χ3v) is 6.67. The van der Waals surface area contributed by atoms with Gasteiger partial charge in [-0.3, -0.25) is 9.78 Å². The highest BCUT2D eigenvalue weighted by Crippen LogP contribution is 2.31. The number of ether oxygens (including phenoxy) is 3. The fraction of sp³-hybridized carbons (Fsp3) is 0.345. The van der Waals surface area contributed by atoms with E-state index in [0.717, 1.165) is 12.4 Å². The average Bonchev–Trinajstić information content (AvgIpc) is 3.01. The summed E-state index contributed by atoms with van der Waals surface area (Å²) in [6.45, 7) is -1.74. The van der Waals surface area contributed by atoms with Gasteiger partial charge >= 0.3 is 12.3 Å². The van der Waals surface area contributed by atoms with E-state index in [1.54, 1.807) is 0 Å². The van der Waals surface area contributed by atoms with Crippen LogP contribution in [0.15, 0.2) is 60.9 Å². The number of halogens is 6. The average molecular weight is 642 g/mol. The van der Waals surface area contributed by atoms with Crippen molar-refractivity contribution in [3.8, 4) is 5.75 Å². The Balaban J connectivity index is 1.35. The van der Waals surface area contributed by atoms with Crippen LogP contribution in [0.4, 0.5) is 36.8 Å². The number of anilines is 1. The third-order valence-electron chi connectivity index (χ3n) is 6.67. The van der Waals surface area contributed by atoms with Crippen LogP contribution in [-0.4, -0.2) is 74.3 Å². The van der Waals surface area contributed by atoms with Crippen molar-refractivity contribution in [3.05, 3.63) is 89.5 Å². The fourth-order valence-electron chi connectivity index (χ4n) is 4.46. The number of carbonyl (C=O) groups excluding carboxylic acids is 2. The Morgan fingerprint density at radius 1 is 1.02 bits per heavy atom. The highest BCUT2D eigenvalue weighted by molar-refractivity contribution is 5.96. The largest absolute Gasteiger partial charge is 0.485 e. The predicted octanol–water partition coefficient (Wildman–Crippen LogP) is 3.62. The van der Waals surface area contributed by atoms with Crippen molar-refractivity contribution in [1.82, 2.24) is 15.6 Å². The molecule has 2 aromatic carbocycles. The number of carbonyl (C=O) groups is 2. The van der Waals surface area contributed by atoms with Crippen LogP contribution >= 0.6 is 0 Å². The molecule has 0 bridgehead atoms. The molecule has 45 heavy (non-hydrogen) atoms. The van der Waals surface area contributed by atoms with Gasteiger partial charge in [0.1, 0.15) is 30.0 Å². The summed E-state index contributed by atoms with van der Waals surface area (Å²) >= 11 is 0. The number of alkyl carbamates (subject to hydrolysis) is 1. The number of nitrogens with one attached hydrogen (secondary N) is 3. The molecule has 2 heterocycles. The van der Waals surface area contributed by atoms with Gasteiger partial charge in [-0.15, -0.1) is 0 Å². The zero-order chi connectivity index (χ0) is 32.6. The van der Waals surface area contributed by atoms with Gasteiger partial charge in [-0.2, -0.15) is 13.2 Å². The maximum Gasteiger partial charge on any atom is 0.422 e. The van der Waals surface area contributed by atoms with E-state index in [1.165, 1.54) is 48.5 Å². The van der Waals surface area contributed by atoms with Gasteiger partial charge in [0.2, 0.25) is 5.91 Å². The lowest BCUT2D eigenvalue weighted by Crippen LogP contribution is -2.53. The molecule has 1 saturated heterocycles. The summed E-state index contributed by atoms with van der Waals surface area (Å²) in [6, 6.07) is 8.88. The summed E-state index contributed by atoms with van der Waals surface area (Å²) in [4.78, 5) is 28.5. The molecule has 242 valence electrons. The number of aromatic nitrogens is 1. The van der Waals surface area contributed by atoms with E-state index in [9.17, 15) is 35.9 Å². The van der Waals surface area contributed by atoms with Gasteiger partial charge < -0.3 is 35.9 Å². The molecular weight excluding hydrogens is 612 g/mol. The number of hydrogen-bond donors (Lipinski definition) is 4. The Labute approximate surface area is 253 Å². The monoisotopic (exact) mass is 641 g/mol. The van der Waals surface area contributed by atoms with Gasteiger partial charge in [0.25, 0.3) is 0 Å². The van der Waals surface area contributed by atoms with Gasteiger partial charge in [-0.25, -0.2) is 18.0 Å². The molecule has 0 spiro atoms. The molecule has 3 aromatic rings. The van der Waals surface area contributed by atoms with Crippen LogP contribution in [0.1, 0.15) is 17.0 Å². The summed E-state index contributed by atoms with van der Waals surface area (Å²) in [7, 11) is 0. The smallest absolute Gasteiger partial charge is 0.422 e. The van der Waals surface area contributed by atoms with Crippen molar-refractivity contribution >= 4 is 17.7 Å². The molecule has 5 N–H and O–H groups in total. The fourth-order valence-corrected chi connectivity index (χ4v) is 4.46. The van der Waals surface area contributed by atoms with Crippen LogP contribution < -0.4 is 26.4 Å². The lowest BCUT2D eigenvalue weighted by atomic mass is 9.85. The standard InChI is InChI=1S/C29H29F6N5O5/c30-18-5-1-16(2-6-18)24(17-3-7-19(31)8-4-17)25(36)27(41)40-23-12-37-11-22(32)26(23)44-14-21-10-38-20(13-43-21)9-39-28(42)45-15-29(33,34)35/h1-8,11-12,20-21,24-25,38H,9-10,13-15,36H2,(H,39,42)(H,40,41)/t20-,21+,25+/m1/s1. The molecule has 1 aliphatic heterocycles. The molecule has 3 atom stereocenters. The molecule has 4 rings (SSSR count). The highest BCUT2D eigenvalue weighted by atomic mass is 19.4. The molecule has 0 radical (unpaired) electrons. The molecule has 10 nitrogen and oxygen atoms in total. The minimum absolute atomic E-state index is 0.0407. The summed E-state index contributed by atoms with van der Waals surface area (Å²) in [5.41, 5.74) is 7.18. The summed E-state index contributed by atoms with van der Waals surface area (Å²) in [5, 5.41) is 7.74. The zero-order valence-corrected chi connectivity index (χ0v) is 23.5. The number of pyridine rings is 1. The molecule has 16 heteroatoms. The molecule has 1 fully saturated rings. The van der Waals surface area contributed by atoms with Gasteiger partial charge in [0.05, 0.1) is 25.0 Å². The lowest BCUT2D eigenvalue weighted by molar-refractivity contribution is -0.160. The normalized spacial score (nSPS) is 17.4. The Morgan fingerprint density at radius 3 is 2.20 bits per heavy atom. The Bertz CT molecular complexity index is 1390. The van der Waals surface area contributed by atoms with Crippen molar-refractivity contribution in [3.63, 3.8) is 0 Å². The SMILES string of the molecule is N[C@H](C(=O)Nc1cncc(F)c1OC[C@@H]1CN[C@H](CNC(=O)OCC(F)(F)F)CO1)C(c1ccc(F)cc1)c1ccc(F)cc1. The molecule has 1 aromatic heterocycles. The Hall–Kier alpha value is -4.41. The number of nitrogens with two attached hydrogens (primary N) is 1. The van der Waals surface area contributed by atoms with Gasteiger partial charge in [0, 0.05) is 25.0 Å². The van der Waals surface area contributed by atoms with Gasteiger partial charge in [-0.05, 0) is 35.4 Å². The number of benzene rings is 2. The van der Waals surface area contributed by atoms with E-state index >= 15 is 0 Å². The second-order valence-corrected chi connectivity index (χ2v) is 10.0. The highest BCUT2D eigenvalue weighted by Gasteiger charge is 2.31. The van der Waals surface area contributed by atoms with Crippen LogP contribution in [0.3, 0.4) is 0 Å². The zero-order valence-electron chi connectivity index (χ0n) is 23.5. The number of morpholine rings is 1. The maximum atomic E-state index is 14.8. The van der Waals surface area contributed by atoms with Gasteiger partial charge in [0.15, 0.2) is 18.2 Å². The maximum absolute atomic E-state index is 14.8. The molecule has 1 aliphatic rings. The summed E-state index contributed by atoms with van der Waals surface area (Å²) in [5.74, 6) is -3.82. The first kappa shape index (κ1) is 33.5. The number of nitrogens with zero attached hydrogens (tertiary/aromatic N) is 1.